The van der Waals surface area contributed by atoms with Crippen LogP contribution in [-0.4, -0.2) is 37.2 Å². The van der Waals surface area contributed by atoms with Gasteiger partial charge in [0.1, 0.15) is 13.2 Å². The zero-order chi connectivity index (χ0) is 49.6. The first kappa shape index (κ1) is 66.4. The van der Waals surface area contributed by atoms with E-state index in [0.29, 0.717) is 19.3 Å². The van der Waals surface area contributed by atoms with Crippen LogP contribution in [0.25, 0.3) is 0 Å². The molecule has 0 spiro atoms. The van der Waals surface area contributed by atoms with Gasteiger partial charge in [0, 0.05) is 19.3 Å². The van der Waals surface area contributed by atoms with Crippen molar-refractivity contribution < 1.29 is 28.6 Å². The average molecular weight is 962 g/mol. The first-order chi connectivity index (χ1) is 33.3. The van der Waals surface area contributed by atoms with E-state index in [1.54, 1.807) is 0 Å². The maximum Gasteiger partial charge on any atom is 0.306 e. The molecule has 0 aliphatic rings. The van der Waals surface area contributed by atoms with Gasteiger partial charge in [-0.05, 0) is 31.1 Å². The molecular weight excluding hydrogens is 841 g/mol. The Morgan fingerprint density at radius 1 is 0.309 bits per heavy atom. The van der Waals surface area contributed by atoms with Crippen LogP contribution in [0.1, 0.15) is 349 Å². The fourth-order valence-corrected chi connectivity index (χ4v) is 9.55. The molecule has 0 saturated heterocycles. The van der Waals surface area contributed by atoms with E-state index >= 15 is 0 Å². The van der Waals surface area contributed by atoms with Gasteiger partial charge >= 0.3 is 17.9 Å². The van der Waals surface area contributed by atoms with Crippen molar-refractivity contribution in [3.63, 3.8) is 0 Å². The highest BCUT2D eigenvalue weighted by Gasteiger charge is 2.19. The molecule has 6 heteroatoms. The summed E-state index contributed by atoms with van der Waals surface area (Å²) in [7, 11) is 0. The van der Waals surface area contributed by atoms with Gasteiger partial charge in [0.2, 0.25) is 0 Å². The van der Waals surface area contributed by atoms with Gasteiger partial charge in [-0.15, -0.1) is 0 Å². The predicted octanol–water partition coefficient (Wildman–Crippen LogP) is 20.4. The van der Waals surface area contributed by atoms with Crippen molar-refractivity contribution in [3.8, 4) is 0 Å². The molecular formula is C62H120O6. The van der Waals surface area contributed by atoms with Crippen LogP contribution >= 0.6 is 0 Å². The lowest BCUT2D eigenvalue weighted by Crippen LogP contribution is -2.30. The molecule has 0 aromatic rings. The van der Waals surface area contributed by atoms with Crippen LogP contribution in [0, 0.1) is 11.8 Å². The standard InChI is InChI=1S/C62H120O6/c1-6-8-9-10-11-12-13-14-15-21-25-28-33-39-44-49-54-62(65)68-59(56-67-61(64)53-48-43-38-34-29-30-35-40-45-50-57(3)4)55-66-60(63)52-47-42-37-32-27-24-22-19-17-16-18-20-23-26-31-36-41-46-51-58(5)7-2/h57-59H,6-56H2,1-5H3/t58?,59-/m0/s1. The number of hydrogen-bond donors (Lipinski definition) is 0. The predicted molar refractivity (Wildman–Crippen MR) is 293 cm³/mol. The highest BCUT2D eigenvalue weighted by molar-refractivity contribution is 5.71. The van der Waals surface area contributed by atoms with E-state index in [2.05, 4.69) is 34.6 Å². The Morgan fingerprint density at radius 3 is 0.838 bits per heavy atom. The lowest BCUT2D eigenvalue weighted by Gasteiger charge is -2.18. The van der Waals surface area contributed by atoms with E-state index in [9.17, 15) is 14.4 Å². The fraction of sp³-hybridized carbons (Fsp3) is 0.952. The van der Waals surface area contributed by atoms with Gasteiger partial charge in [-0.25, -0.2) is 0 Å². The monoisotopic (exact) mass is 961 g/mol. The molecule has 0 saturated carbocycles. The summed E-state index contributed by atoms with van der Waals surface area (Å²) in [5.41, 5.74) is 0. The summed E-state index contributed by atoms with van der Waals surface area (Å²) in [6.45, 7) is 11.4. The molecule has 0 aromatic heterocycles. The molecule has 404 valence electrons. The van der Waals surface area contributed by atoms with Crippen LogP contribution in [0.15, 0.2) is 0 Å². The number of hydrogen-bond acceptors (Lipinski definition) is 6. The lowest BCUT2D eigenvalue weighted by atomic mass is 9.99. The van der Waals surface area contributed by atoms with Crippen LogP contribution < -0.4 is 0 Å². The van der Waals surface area contributed by atoms with Gasteiger partial charge in [0.25, 0.3) is 0 Å². The molecule has 68 heavy (non-hydrogen) atoms. The Balaban J connectivity index is 4.23. The van der Waals surface area contributed by atoms with Crippen LogP contribution in [-0.2, 0) is 28.6 Å². The maximum atomic E-state index is 12.9. The van der Waals surface area contributed by atoms with E-state index in [0.717, 1.165) is 69.6 Å². The normalized spacial score (nSPS) is 12.4. The van der Waals surface area contributed by atoms with Crippen molar-refractivity contribution in [3.05, 3.63) is 0 Å². The van der Waals surface area contributed by atoms with Gasteiger partial charge < -0.3 is 14.2 Å². The number of esters is 3. The minimum Gasteiger partial charge on any atom is -0.462 e. The molecule has 0 amide bonds. The Morgan fingerprint density at radius 2 is 0.559 bits per heavy atom. The molecule has 6 nitrogen and oxygen atoms in total. The highest BCUT2D eigenvalue weighted by Crippen LogP contribution is 2.19. The first-order valence-electron chi connectivity index (χ1n) is 30.8. The van der Waals surface area contributed by atoms with Crippen molar-refractivity contribution in [2.45, 2.75) is 355 Å². The molecule has 2 atom stereocenters. The summed E-state index contributed by atoms with van der Waals surface area (Å²) < 4.78 is 16.9. The topological polar surface area (TPSA) is 78.9 Å². The van der Waals surface area contributed by atoms with Crippen LogP contribution in [0.4, 0.5) is 0 Å². The molecule has 0 bridgehead atoms. The van der Waals surface area contributed by atoms with E-state index in [1.165, 1.54) is 238 Å². The molecule has 0 N–H and O–H groups in total. The Bertz CT molecular complexity index is 1040. The van der Waals surface area contributed by atoms with Crippen molar-refractivity contribution in [2.24, 2.45) is 11.8 Å². The number of carbonyl (C=O) groups excluding carboxylic acids is 3. The molecule has 0 aliphatic heterocycles. The van der Waals surface area contributed by atoms with Crippen LogP contribution in [0.2, 0.25) is 0 Å². The number of unbranched alkanes of at least 4 members (excludes halogenated alkanes) is 40. The molecule has 0 rings (SSSR count). The highest BCUT2D eigenvalue weighted by atomic mass is 16.6. The van der Waals surface area contributed by atoms with Crippen molar-refractivity contribution in [1.29, 1.82) is 0 Å². The van der Waals surface area contributed by atoms with Crippen LogP contribution in [0.3, 0.4) is 0 Å². The second-order valence-electron chi connectivity index (χ2n) is 22.1. The molecule has 0 aliphatic carbocycles. The fourth-order valence-electron chi connectivity index (χ4n) is 9.55. The smallest absolute Gasteiger partial charge is 0.306 e. The van der Waals surface area contributed by atoms with Crippen LogP contribution in [0.5, 0.6) is 0 Å². The van der Waals surface area contributed by atoms with E-state index in [1.807, 2.05) is 0 Å². The minimum absolute atomic E-state index is 0.0625. The Kier molecular flexibility index (Phi) is 53.5. The first-order valence-corrected chi connectivity index (χ1v) is 30.8. The minimum atomic E-state index is -0.763. The van der Waals surface area contributed by atoms with Crippen molar-refractivity contribution in [2.75, 3.05) is 13.2 Å². The van der Waals surface area contributed by atoms with E-state index in [-0.39, 0.29) is 31.1 Å². The zero-order valence-electron chi connectivity index (χ0n) is 46.7. The lowest BCUT2D eigenvalue weighted by molar-refractivity contribution is -0.167. The van der Waals surface area contributed by atoms with Crippen molar-refractivity contribution >= 4 is 17.9 Å². The third-order valence-corrected chi connectivity index (χ3v) is 14.6. The number of ether oxygens (including phenoxy) is 3. The summed E-state index contributed by atoms with van der Waals surface area (Å²) >= 11 is 0. The van der Waals surface area contributed by atoms with Gasteiger partial charge in [-0.3, -0.25) is 14.4 Å². The maximum absolute atomic E-state index is 12.9. The number of rotatable bonds is 56. The summed E-state index contributed by atoms with van der Waals surface area (Å²) in [6, 6.07) is 0. The molecule has 1 unspecified atom stereocenters. The molecule has 0 heterocycles. The van der Waals surface area contributed by atoms with Gasteiger partial charge in [-0.2, -0.15) is 0 Å². The van der Waals surface area contributed by atoms with E-state index < -0.39 is 6.10 Å². The number of carbonyl (C=O) groups is 3. The summed E-state index contributed by atoms with van der Waals surface area (Å²) in [5.74, 6) is 0.882. The third-order valence-electron chi connectivity index (χ3n) is 14.6. The largest absolute Gasteiger partial charge is 0.462 e. The summed E-state index contributed by atoms with van der Waals surface area (Å²) in [6.07, 6.45) is 59.6. The molecule has 0 radical (unpaired) electrons. The quantitative estimate of drug-likeness (QED) is 0.0343. The van der Waals surface area contributed by atoms with Crippen molar-refractivity contribution in [1.82, 2.24) is 0 Å². The second kappa shape index (κ2) is 54.7. The van der Waals surface area contributed by atoms with Gasteiger partial charge in [0.05, 0.1) is 0 Å². The molecule has 0 fully saturated rings. The SMILES string of the molecule is CCCCCCCCCCCCCCCCCCC(=O)O[C@@H](COC(=O)CCCCCCCCCCCCCCCCCCCCC(C)CC)COC(=O)CCCCCCCCCCCC(C)C. The van der Waals surface area contributed by atoms with Gasteiger partial charge in [0.15, 0.2) is 6.10 Å². The van der Waals surface area contributed by atoms with Gasteiger partial charge in [-0.1, -0.05) is 311 Å². The summed E-state index contributed by atoms with van der Waals surface area (Å²) in [4.78, 5) is 38.2. The zero-order valence-corrected chi connectivity index (χ0v) is 46.7. The third kappa shape index (κ3) is 53.8. The molecule has 0 aromatic carbocycles. The second-order valence-corrected chi connectivity index (χ2v) is 22.1. The Hall–Kier alpha value is -1.59. The van der Waals surface area contributed by atoms with E-state index in [4.69, 9.17) is 14.2 Å². The summed E-state index contributed by atoms with van der Waals surface area (Å²) in [5, 5.41) is 0. The Labute approximate surface area is 425 Å². The average Bonchev–Trinajstić information content (AvgIpc) is 3.32.